The molecule has 0 aliphatic rings. The van der Waals surface area contributed by atoms with E-state index < -0.39 is 15.7 Å². The summed E-state index contributed by atoms with van der Waals surface area (Å²) in [4.78, 5) is 12.2. The van der Waals surface area contributed by atoms with Gasteiger partial charge in [0.1, 0.15) is 5.69 Å². The number of nitrogens with two attached hydrogens (primary N) is 1. The highest BCUT2D eigenvalue weighted by Gasteiger charge is 2.17. The minimum atomic E-state index is -3.41. The summed E-state index contributed by atoms with van der Waals surface area (Å²) in [6.07, 6.45) is 2.70. The van der Waals surface area contributed by atoms with Crippen molar-refractivity contribution in [2.24, 2.45) is 7.05 Å². The van der Waals surface area contributed by atoms with Crippen LogP contribution in [0.3, 0.4) is 0 Å². The van der Waals surface area contributed by atoms with Gasteiger partial charge in [-0.3, -0.25) is 4.79 Å². The topological polar surface area (TPSA) is 94.2 Å². The third kappa shape index (κ3) is 2.83. The van der Waals surface area contributed by atoms with Crippen molar-refractivity contribution in [3.8, 4) is 0 Å². The SMILES string of the molecule is Cn1cc(N)cc1C(=O)Nc1ccccc1S(C)(=O)=O. The highest BCUT2D eigenvalue weighted by atomic mass is 32.2. The van der Waals surface area contributed by atoms with Gasteiger partial charge >= 0.3 is 0 Å². The number of carbonyl (C=O) groups excluding carboxylic acids is 1. The smallest absolute Gasteiger partial charge is 0.272 e. The number of anilines is 2. The van der Waals surface area contributed by atoms with Gasteiger partial charge < -0.3 is 15.6 Å². The van der Waals surface area contributed by atoms with Gasteiger partial charge in [-0.1, -0.05) is 12.1 Å². The van der Waals surface area contributed by atoms with Crippen LogP contribution in [-0.4, -0.2) is 25.1 Å². The highest BCUT2D eigenvalue weighted by Crippen LogP contribution is 2.21. The molecule has 0 spiro atoms. The number of hydrogen-bond acceptors (Lipinski definition) is 4. The second-order valence-corrected chi connectivity index (χ2v) is 6.48. The molecule has 7 heteroatoms. The summed E-state index contributed by atoms with van der Waals surface area (Å²) >= 11 is 0. The van der Waals surface area contributed by atoms with Gasteiger partial charge in [-0.2, -0.15) is 0 Å². The van der Waals surface area contributed by atoms with Crippen LogP contribution in [-0.2, 0) is 16.9 Å². The predicted octanol–water partition coefficient (Wildman–Crippen LogP) is 1.26. The molecule has 1 aromatic carbocycles. The van der Waals surface area contributed by atoms with E-state index in [1.165, 1.54) is 12.1 Å². The number of para-hydroxylation sites is 1. The van der Waals surface area contributed by atoms with Crippen LogP contribution >= 0.6 is 0 Å². The van der Waals surface area contributed by atoms with E-state index in [0.717, 1.165) is 6.26 Å². The maximum absolute atomic E-state index is 12.1. The van der Waals surface area contributed by atoms with Gasteiger partial charge in [-0.05, 0) is 18.2 Å². The molecule has 0 radical (unpaired) electrons. The molecule has 20 heavy (non-hydrogen) atoms. The summed E-state index contributed by atoms with van der Waals surface area (Å²) in [6, 6.07) is 7.78. The zero-order valence-corrected chi connectivity index (χ0v) is 11.9. The average Bonchev–Trinajstić information content (AvgIpc) is 2.68. The minimum absolute atomic E-state index is 0.0792. The molecule has 2 rings (SSSR count). The third-order valence-corrected chi connectivity index (χ3v) is 3.95. The van der Waals surface area contributed by atoms with Crippen molar-refractivity contribution in [1.82, 2.24) is 4.57 Å². The van der Waals surface area contributed by atoms with Crippen molar-refractivity contribution in [1.29, 1.82) is 0 Å². The number of nitrogen functional groups attached to an aromatic ring is 1. The van der Waals surface area contributed by atoms with Crippen LogP contribution in [0.25, 0.3) is 0 Å². The Bertz CT molecular complexity index is 763. The lowest BCUT2D eigenvalue weighted by atomic mass is 10.3. The van der Waals surface area contributed by atoms with E-state index in [-0.39, 0.29) is 10.6 Å². The van der Waals surface area contributed by atoms with Crippen molar-refractivity contribution in [3.63, 3.8) is 0 Å². The van der Waals surface area contributed by atoms with E-state index in [1.807, 2.05) is 0 Å². The number of aromatic nitrogens is 1. The van der Waals surface area contributed by atoms with Crippen LogP contribution in [0.5, 0.6) is 0 Å². The van der Waals surface area contributed by atoms with Crippen LogP contribution < -0.4 is 11.1 Å². The molecule has 0 atom stereocenters. The molecule has 6 nitrogen and oxygen atoms in total. The number of benzene rings is 1. The summed E-state index contributed by atoms with van der Waals surface area (Å²) in [5, 5.41) is 2.59. The second-order valence-electron chi connectivity index (χ2n) is 4.49. The fourth-order valence-electron chi connectivity index (χ4n) is 1.90. The number of carbonyl (C=O) groups is 1. The lowest BCUT2D eigenvalue weighted by Crippen LogP contribution is -2.17. The zero-order chi connectivity index (χ0) is 14.9. The number of aryl methyl sites for hydroxylation is 1. The van der Waals surface area contributed by atoms with Gasteiger partial charge in [0.15, 0.2) is 9.84 Å². The summed E-state index contributed by atoms with van der Waals surface area (Å²) in [7, 11) is -1.72. The molecule has 1 heterocycles. The van der Waals surface area contributed by atoms with E-state index in [4.69, 9.17) is 5.73 Å². The van der Waals surface area contributed by atoms with Gasteiger partial charge in [0.05, 0.1) is 16.3 Å². The maximum atomic E-state index is 12.1. The van der Waals surface area contributed by atoms with Crippen molar-refractivity contribution in [2.75, 3.05) is 17.3 Å². The summed E-state index contributed by atoms with van der Waals surface area (Å²) in [5.74, 6) is -0.416. The highest BCUT2D eigenvalue weighted by molar-refractivity contribution is 7.90. The first-order chi connectivity index (χ1) is 9.29. The fraction of sp³-hybridized carbons (Fsp3) is 0.154. The Kier molecular flexibility index (Phi) is 3.54. The molecule has 0 unspecified atom stereocenters. The molecular weight excluding hydrogens is 278 g/mol. The van der Waals surface area contributed by atoms with Crippen LogP contribution in [0.15, 0.2) is 41.4 Å². The number of nitrogens with zero attached hydrogens (tertiary/aromatic N) is 1. The Morgan fingerprint density at radius 1 is 1.30 bits per heavy atom. The minimum Gasteiger partial charge on any atom is -0.397 e. The first kappa shape index (κ1) is 14.1. The molecule has 1 aromatic heterocycles. The monoisotopic (exact) mass is 293 g/mol. The molecule has 3 N–H and O–H groups in total. The van der Waals surface area contributed by atoms with Crippen LogP contribution in [0.4, 0.5) is 11.4 Å². The molecular formula is C13H15N3O3S. The molecule has 106 valence electrons. The summed E-state index contributed by atoms with van der Waals surface area (Å²) < 4.78 is 24.9. The Hall–Kier alpha value is -2.28. The summed E-state index contributed by atoms with van der Waals surface area (Å²) in [6.45, 7) is 0. The van der Waals surface area contributed by atoms with Crippen molar-refractivity contribution >= 4 is 27.1 Å². The van der Waals surface area contributed by atoms with Crippen molar-refractivity contribution in [2.45, 2.75) is 4.90 Å². The van der Waals surface area contributed by atoms with Gasteiger partial charge in [-0.15, -0.1) is 0 Å². The fourth-order valence-corrected chi connectivity index (χ4v) is 2.74. The zero-order valence-electron chi connectivity index (χ0n) is 11.1. The molecule has 0 aliphatic carbocycles. The Balaban J connectivity index is 2.36. The lowest BCUT2D eigenvalue weighted by Gasteiger charge is -2.09. The molecule has 0 bridgehead atoms. The van der Waals surface area contributed by atoms with Gasteiger partial charge in [0, 0.05) is 19.5 Å². The molecule has 1 amide bonds. The summed E-state index contributed by atoms with van der Waals surface area (Å²) in [5.41, 5.74) is 6.68. The van der Waals surface area contributed by atoms with E-state index in [9.17, 15) is 13.2 Å². The quantitative estimate of drug-likeness (QED) is 0.890. The molecule has 0 saturated carbocycles. The van der Waals surface area contributed by atoms with E-state index >= 15 is 0 Å². The third-order valence-electron chi connectivity index (χ3n) is 2.79. The van der Waals surface area contributed by atoms with Crippen LogP contribution in [0.1, 0.15) is 10.5 Å². The van der Waals surface area contributed by atoms with Crippen molar-refractivity contribution < 1.29 is 13.2 Å². The van der Waals surface area contributed by atoms with Gasteiger partial charge in [0.25, 0.3) is 5.91 Å². The van der Waals surface area contributed by atoms with Crippen LogP contribution in [0, 0.1) is 0 Å². The van der Waals surface area contributed by atoms with E-state index in [2.05, 4.69) is 5.32 Å². The lowest BCUT2D eigenvalue weighted by molar-refractivity contribution is 0.101. The second kappa shape index (κ2) is 5.01. The molecule has 0 saturated heterocycles. The van der Waals surface area contributed by atoms with Crippen LogP contribution in [0.2, 0.25) is 0 Å². The standard InChI is InChI=1S/C13H15N3O3S/c1-16-8-9(14)7-11(16)13(17)15-10-5-3-4-6-12(10)20(2,18)19/h3-8H,14H2,1-2H3,(H,15,17). The first-order valence-corrected chi connectivity index (χ1v) is 7.70. The number of sulfone groups is 1. The molecule has 0 aliphatic heterocycles. The Labute approximate surface area is 117 Å². The maximum Gasteiger partial charge on any atom is 0.272 e. The predicted molar refractivity (Wildman–Crippen MR) is 77.3 cm³/mol. The van der Waals surface area contributed by atoms with E-state index in [0.29, 0.717) is 11.4 Å². The number of amides is 1. The largest absolute Gasteiger partial charge is 0.397 e. The van der Waals surface area contributed by atoms with E-state index in [1.54, 1.807) is 36.0 Å². The normalized spacial score (nSPS) is 11.3. The number of rotatable bonds is 3. The van der Waals surface area contributed by atoms with Gasteiger partial charge in [0.2, 0.25) is 0 Å². The van der Waals surface area contributed by atoms with Gasteiger partial charge in [-0.25, -0.2) is 8.42 Å². The first-order valence-electron chi connectivity index (χ1n) is 5.81. The number of hydrogen-bond donors (Lipinski definition) is 2. The number of nitrogens with one attached hydrogen (secondary N) is 1. The van der Waals surface area contributed by atoms with Crippen molar-refractivity contribution in [3.05, 3.63) is 42.2 Å². The molecule has 0 fully saturated rings. The Morgan fingerprint density at radius 2 is 1.95 bits per heavy atom. The Morgan fingerprint density at radius 3 is 2.50 bits per heavy atom. The average molecular weight is 293 g/mol. The molecule has 2 aromatic rings.